The van der Waals surface area contributed by atoms with E-state index in [0.717, 1.165) is 38.7 Å². The summed E-state index contributed by atoms with van der Waals surface area (Å²) in [6, 6.07) is 0. The van der Waals surface area contributed by atoms with Gasteiger partial charge in [-0.1, -0.05) is 11.6 Å². The number of morpholine rings is 1. The fraction of sp³-hybridized carbons (Fsp3) is 0.600. The lowest BCUT2D eigenvalue weighted by atomic mass is 10.3. The molecule has 0 saturated carbocycles. The van der Waals surface area contributed by atoms with Crippen molar-refractivity contribution in [2.75, 3.05) is 31.2 Å². The van der Waals surface area contributed by atoms with Crippen LogP contribution in [0.4, 0.5) is 23.1 Å². The number of hydrogen-bond acceptors (Lipinski definition) is 3. The summed E-state index contributed by atoms with van der Waals surface area (Å²) in [6.45, 7) is 6.27. The van der Waals surface area contributed by atoms with Crippen LogP contribution in [0.1, 0.15) is 6.92 Å². The molecule has 1 aliphatic rings. The highest BCUT2D eigenvalue weighted by atomic mass is 35.5. The number of aryl methyl sites for hydroxylation is 1. The van der Waals surface area contributed by atoms with Crippen LogP contribution in [-0.2, 0) is 11.3 Å². The topological polar surface area (TPSA) is 29.2 Å². The number of ether oxygens (including phenoxy) is 1. The monoisotopic (exact) mass is 315 g/mol. The van der Waals surface area contributed by atoms with Gasteiger partial charge in [-0.25, -0.2) is 9.55 Å². The Hall–Kier alpha value is -1.09. The van der Waals surface area contributed by atoms with E-state index in [1.165, 1.54) is 0 Å². The second kappa shape index (κ2) is 7.63. The first-order valence-electron chi connectivity index (χ1n) is 6.07. The van der Waals surface area contributed by atoms with E-state index in [1.54, 1.807) is 6.20 Å². The van der Waals surface area contributed by atoms with E-state index in [-0.39, 0.29) is 0 Å². The van der Waals surface area contributed by atoms with Crippen molar-refractivity contribution in [1.82, 2.24) is 4.98 Å². The minimum absolute atomic E-state index is 0.571. The molecule has 0 spiro atoms. The van der Waals surface area contributed by atoms with Gasteiger partial charge in [0.2, 0.25) is 5.15 Å². The zero-order valence-electron chi connectivity index (χ0n) is 10.9. The smallest absolute Gasteiger partial charge is 0.418 e. The van der Waals surface area contributed by atoms with E-state index in [4.69, 9.17) is 16.3 Å². The standard InChI is InChI=1S/C10H15ClN3O.BF4/c1-2-13-4-3-12-9(11)10(13)14-5-7-15-8-6-14;2-1(3,4)5/h3-4H,2,5-8H2,1H3;/q+1;-1. The maximum absolute atomic E-state index is 9.75. The van der Waals surface area contributed by atoms with Crippen molar-refractivity contribution >= 4 is 24.7 Å². The van der Waals surface area contributed by atoms with Crippen LogP contribution >= 0.6 is 11.6 Å². The van der Waals surface area contributed by atoms with E-state index in [2.05, 4.69) is 21.4 Å². The van der Waals surface area contributed by atoms with Crippen LogP contribution in [0.2, 0.25) is 5.15 Å². The molecule has 20 heavy (non-hydrogen) atoms. The zero-order chi connectivity index (χ0) is 15.2. The van der Waals surface area contributed by atoms with Gasteiger partial charge in [-0.05, 0) is 6.92 Å². The highest BCUT2D eigenvalue weighted by Gasteiger charge is 2.25. The molecule has 4 nitrogen and oxygen atoms in total. The third-order valence-electron chi connectivity index (χ3n) is 2.54. The minimum Gasteiger partial charge on any atom is -0.418 e. The number of halogens is 5. The highest BCUT2D eigenvalue weighted by molar-refractivity contribution is 6.50. The summed E-state index contributed by atoms with van der Waals surface area (Å²) in [5.41, 5.74) is 0. The molecular formula is C10H15BClF4N3O. The van der Waals surface area contributed by atoms with Crippen molar-refractivity contribution in [3.05, 3.63) is 17.5 Å². The third-order valence-corrected chi connectivity index (χ3v) is 2.81. The Kier molecular flexibility index (Phi) is 6.48. The van der Waals surface area contributed by atoms with Crippen molar-refractivity contribution in [2.45, 2.75) is 13.5 Å². The van der Waals surface area contributed by atoms with E-state index < -0.39 is 7.25 Å². The molecular weight excluding hydrogens is 300 g/mol. The Morgan fingerprint density at radius 1 is 1.35 bits per heavy atom. The SMILES string of the molecule is CC[n+]1ccnc(Cl)c1N1CCOCC1.F[B-](F)(F)F. The van der Waals surface area contributed by atoms with Crippen LogP contribution in [0.15, 0.2) is 12.4 Å². The van der Waals surface area contributed by atoms with Gasteiger partial charge < -0.3 is 22.0 Å². The summed E-state index contributed by atoms with van der Waals surface area (Å²) < 4.78 is 46.4. The molecule has 0 aliphatic carbocycles. The van der Waals surface area contributed by atoms with Crippen molar-refractivity contribution in [3.8, 4) is 0 Å². The summed E-state index contributed by atoms with van der Waals surface area (Å²) in [6.07, 6.45) is 3.69. The summed E-state index contributed by atoms with van der Waals surface area (Å²) in [5.74, 6) is 1.00. The fourth-order valence-corrected chi connectivity index (χ4v) is 2.05. The third kappa shape index (κ3) is 5.91. The van der Waals surface area contributed by atoms with Gasteiger partial charge in [0, 0.05) is 0 Å². The van der Waals surface area contributed by atoms with Gasteiger partial charge in [-0.3, -0.25) is 4.90 Å². The van der Waals surface area contributed by atoms with Crippen molar-refractivity contribution in [1.29, 1.82) is 0 Å². The first kappa shape index (κ1) is 17.0. The van der Waals surface area contributed by atoms with Crippen molar-refractivity contribution in [3.63, 3.8) is 0 Å². The summed E-state index contributed by atoms with van der Waals surface area (Å²) >= 11 is 6.13. The summed E-state index contributed by atoms with van der Waals surface area (Å²) in [4.78, 5) is 6.35. The second-order valence-corrected chi connectivity index (χ2v) is 4.28. The predicted molar refractivity (Wildman–Crippen MR) is 68.3 cm³/mol. The van der Waals surface area contributed by atoms with Gasteiger partial charge in [0.15, 0.2) is 0 Å². The average Bonchev–Trinajstić information content (AvgIpc) is 2.37. The van der Waals surface area contributed by atoms with Crippen LogP contribution in [0, 0.1) is 0 Å². The number of rotatable bonds is 2. The Bertz CT molecular complexity index is 423. The Labute approximate surface area is 119 Å². The van der Waals surface area contributed by atoms with E-state index in [1.807, 2.05) is 6.20 Å². The van der Waals surface area contributed by atoms with Gasteiger partial charge in [0.25, 0.3) is 0 Å². The molecule has 1 aromatic rings. The zero-order valence-corrected chi connectivity index (χ0v) is 11.7. The molecule has 0 amide bonds. The molecule has 2 rings (SSSR count). The van der Waals surface area contributed by atoms with Crippen molar-refractivity contribution in [2.24, 2.45) is 0 Å². The van der Waals surface area contributed by atoms with E-state index in [9.17, 15) is 17.3 Å². The molecule has 10 heteroatoms. The predicted octanol–water partition coefficient (Wildman–Crippen LogP) is 2.18. The number of nitrogens with zero attached hydrogens (tertiary/aromatic N) is 3. The average molecular weight is 316 g/mol. The molecule has 2 heterocycles. The minimum atomic E-state index is -6.00. The maximum atomic E-state index is 9.75. The molecule has 0 unspecified atom stereocenters. The highest BCUT2D eigenvalue weighted by Crippen LogP contribution is 2.19. The molecule has 0 atom stereocenters. The van der Waals surface area contributed by atoms with Gasteiger partial charge in [-0.2, -0.15) is 0 Å². The first-order valence-corrected chi connectivity index (χ1v) is 6.44. The van der Waals surface area contributed by atoms with Crippen LogP contribution in [0.25, 0.3) is 0 Å². The largest absolute Gasteiger partial charge is 0.673 e. The molecule has 114 valence electrons. The summed E-state index contributed by atoms with van der Waals surface area (Å²) in [5, 5.41) is 0.571. The second-order valence-electron chi connectivity index (χ2n) is 3.92. The van der Waals surface area contributed by atoms with E-state index in [0.29, 0.717) is 5.15 Å². The maximum Gasteiger partial charge on any atom is 0.673 e. The number of hydrogen-bond donors (Lipinski definition) is 0. The molecule has 0 bridgehead atoms. The summed E-state index contributed by atoms with van der Waals surface area (Å²) in [7, 11) is -6.00. The molecule has 1 aromatic heterocycles. The Morgan fingerprint density at radius 2 is 1.90 bits per heavy atom. The first-order chi connectivity index (χ1) is 9.33. The van der Waals surface area contributed by atoms with Crippen LogP contribution < -0.4 is 9.47 Å². The van der Waals surface area contributed by atoms with Gasteiger partial charge >= 0.3 is 13.1 Å². The number of aromatic nitrogens is 2. The Balaban J connectivity index is 0.000000347. The van der Waals surface area contributed by atoms with Gasteiger partial charge in [0.1, 0.15) is 19.3 Å². The quantitative estimate of drug-likeness (QED) is 0.476. The molecule has 1 aliphatic heterocycles. The van der Waals surface area contributed by atoms with Crippen molar-refractivity contribution < 1.29 is 26.6 Å². The fourth-order valence-electron chi connectivity index (χ4n) is 1.77. The normalized spacial score (nSPS) is 15.6. The molecule has 0 aromatic carbocycles. The van der Waals surface area contributed by atoms with Gasteiger partial charge in [-0.15, -0.1) is 0 Å². The lowest BCUT2D eigenvalue weighted by Crippen LogP contribution is -2.46. The van der Waals surface area contributed by atoms with E-state index >= 15 is 0 Å². The molecule has 0 N–H and O–H groups in total. The van der Waals surface area contributed by atoms with Crippen LogP contribution in [-0.4, -0.2) is 38.5 Å². The lowest BCUT2D eigenvalue weighted by Gasteiger charge is -2.23. The van der Waals surface area contributed by atoms with Crippen LogP contribution in [0.5, 0.6) is 0 Å². The Morgan fingerprint density at radius 3 is 2.40 bits per heavy atom. The molecule has 1 fully saturated rings. The number of anilines is 1. The lowest BCUT2D eigenvalue weighted by molar-refractivity contribution is -0.681. The van der Waals surface area contributed by atoms with Crippen LogP contribution in [0.3, 0.4) is 0 Å². The molecule has 0 radical (unpaired) electrons. The van der Waals surface area contributed by atoms with Gasteiger partial charge in [0.05, 0.1) is 26.0 Å². The molecule has 1 saturated heterocycles.